The van der Waals surface area contributed by atoms with Crippen molar-refractivity contribution in [3.63, 3.8) is 0 Å². The van der Waals surface area contributed by atoms with Gasteiger partial charge in [0.1, 0.15) is 0 Å². The van der Waals surface area contributed by atoms with Gasteiger partial charge in [-0.1, -0.05) is 26.0 Å². The summed E-state index contributed by atoms with van der Waals surface area (Å²) in [7, 11) is -3.39. The van der Waals surface area contributed by atoms with Crippen LogP contribution in [0.4, 0.5) is 5.69 Å². The van der Waals surface area contributed by atoms with Crippen LogP contribution in [-0.4, -0.2) is 33.2 Å². The maximum atomic E-state index is 12.2. The van der Waals surface area contributed by atoms with Crippen molar-refractivity contribution in [3.8, 4) is 0 Å². The molecular weight excluding hydrogens is 324 g/mol. The maximum Gasteiger partial charge on any atom is 0.232 e. The van der Waals surface area contributed by atoms with Crippen molar-refractivity contribution in [2.45, 2.75) is 53.5 Å². The van der Waals surface area contributed by atoms with Crippen molar-refractivity contribution in [1.29, 1.82) is 0 Å². The standard InChI is InChI=1S/C18H30N2O3S/c1-13(2)16(5)19-18(21)8-7-11-20(24(6,22)23)17-12-14(3)9-10-15(17)4/h9-10,12-13,16H,7-8,11H2,1-6H3,(H,19,21). The monoisotopic (exact) mass is 354 g/mol. The quantitative estimate of drug-likeness (QED) is 0.780. The van der Waals surface area contributed by atoms with Gasteiger partial charge in [-0.15, -0.1) is 0 Å². The molecular formula is C18H30N2O3S. The minimum atomic E-state index is -3.39. The summed E-state index contributed by atoms with van der Waals surface area (Å²) in [5.74, 6) is 0.335. The van der Waals surface area contributed by atoms with Crippen LogP contribution in [0.3, 0.4) is 0 Å². The molecule has 0 bridgehead atoms. The Morgan fingerprint density at radius 3 is 2.38 bits per heavy atom. The topological polar surface area (TPSA) is 66.5 Å². The molecule has 1 aromatic rings. The van der Waals surface area contributed by atoms with Crippen LogP contribution in [0.2, 0.25) is 0 Å². The van der Waals surface area contributed by atoms with Gasteiger partial charge in [-0.05, 0) is 50.3 Å². The SMILES string of the molecule is Cc1ccc(C)c(N(CCCC(=O)NC(C)C(C)C)S(C)(=O)=O)c1. The molecule has 1 atom stereocenters. The fraction of sp³-hybridized carbons (Fsp3) is 0.611. The van der Waals surface area contributed by atoms with Gasteiger partial charge in [-0.25, -0.2) is 8.42 Å². The first-order valence-electron chi connectivity index (χ1n) is 8.36. The van der Waals surface area contributed by atoms with Crippen molar-refractivity contribution in [1.82, 2.24) is 5.32 Å². The summed E-state index contributed by atoms with van der Waals surface area (Å²) >= 11 is 0. The van der Waals surface area contributed by atoms with Gasteiger partial charge in [-0.2, -0.15) is 0 Å². The zero-order chi connectivity index (χ0) is 18.5. The van der Waals surface area contributed by atoms with Crippen LogP contribution in [0.15, 0.2) is 18.2 Å². The number of carbonyl (C=O) groups is 1. The average molecular weight is 355 g/mol. The molecule has 1 rings (SSSR count). The Hall–Kier alpha value is -1.56. The average Bonchev–Trinajstić information content (AvgIpc) is 2.45. The van der Waals surface area contributed by atoms with Crippen LogP contribution in [-0.2, 0) is 14.8 Å². The van der Waals surface area contributed by atoms with Gasteiger partial charge < -0.3 is 5.32 Å². The number of nitrogens with one attached hydrogen (secondary N) is 1. The number of hydrogen-bond donors (Lipinski definition) is 1. The van der Waals surface area contributed by atoms with E-state index in [1.54, 1.807) is 0 Å². The van der Waals surface area contributed by atoms with Crippen LogP contribution in [0.5, 0.6) is 0 Å². The molecule has 0 radical (unpaired) electrons. The summed E-state index contributed by atoms with van der Waals surface area (Å²) in [5.41, 5.74) is 2.60. The van der Waals surface area contributed by atoms with Crippen molar-refractivity contribution >= 4 is 21.6 Å². The fourth-order valence-electron chi connectivity index (χ4n) is 2.33. The predicted octanol–water partition coefficient (Wildman–Crippen LogP) is 3.01. The molecule has 1 N–H and O–H groups in total. The first-order valence-corrected chi connectivity index (χ1v) is 10.2. The van der Waals surface area contributed by atoms with Crippen LogP contribution >= 0.6 is 0 Å². The number of amides is 1. The third-order valence-electron chi connectivity index (χ3n) is 4.19. The summed E-state index contributed by atoms with van der Waals surface area (Å²) < 4.78 is 25.7. The van der Waals surface area contributed by atoms with Gasteiger partial charge in [0.15, 0.2) is 0 Å². The second-order valence-corrected chi connectivity index (χ2v) is 8.74. The second-order valence-electron chi connectivity index (χ2n) is 6.83. The lowest BCUT2D eigenvalue weighted by molar-refractivity contribution is -0.122. The predicted molar refractivity (Wildman–Crippen MR) is 99.8 cm³/mol. The van der Waals surface area contributed by atoms with Gasteiger partial charge in [0.05, 0.1) is 11.9 Å². The molecule has 0 fully saturated rings. The van der Waals surface area contributed by atoms with Crippen LogP contribution in [0, 0.1) is 19.8 Å². The van der Waals surface area contributed by atoms with Gasteiger partial charge in [-0.3, -0.25) is 9.10 Å². The minimum absolute atomic E-state index is 0.0365. The number of sulfonamides is 1. The number of rotatable bonds is 8. The van der Waals surface area contributed by atoms with E-state index in [1.165, 1.54) is 10.6 Å². The normalized spacial score (nSPS) is 13.0. The molecule has 0 spiro atoms. The highest BCUT2D eigenvalue weighted by Crippen LogP contribution is 2.24. The summed E-state index contributed by atoms with van der Waals surface area (Å²) in [6, 6.07) is 5.86. The zero-order valence-electron chi connectivity index (χ0n) is 15.6. The van der Waals surface area contributed by atoms with E-state index >= 15 is 0 Å². The molecule has 6 heteroatoms. The molecule has 1 amide bonds. The molecule has 0 saturated carbocycles. The van der Waals surface area contributed by atoms with Gasteiger partial charge in [0, 0.05) is 19.0 Å². The summed E-state index contributed by atoms with van der Waals surface area (Å²) in [6.45, 7) is 10.2. The van der Waals surface area contributed by atoms with Crippen molar-refractivity contribution in [2.75, 3.05) is 17.1 Å². The highest BCUT2D eigenvalue weighted by Gasteiger charge is 2.20. The minimum Gasteiger partial charge on any atom is -0.353 e. The Labute approximate surface area is 146 Å². The second kappa shape index (κ2) is 8.51. The van der Waals surface area contributed by atoms with E-state index in [0.29, 0.717) is 31.0 Å². The molecule has 0 aliphatic rings. The molecule has 0 heterocycles. The van der Waals surface area contributed by atoms with E-state index in [9.17, 15) is 13.2 Å². The number of anilines is 1. The highest BCUT2D eigenvalue weighted by atomic mass is 32.2. The number of benzene rings is 1. The van der Waals surface area contributed by atoms with Crippen LogP contribution in [0.1, 0.15) is 44.7 Å². The number of carbonyl (C=O) groups excluding carboxylic acids is 1. The molecule has 136 valence electrons. The Kier molecular flexibility index (Phi) is 7.27. The zero-order valence-corrected chi connectivity index (χ0v) is 16.4. The molecule has 1 aromatic carbocycles. The molecule has 0 aromatic heterocycles. The Balaban J connectivity index is 2.76. The Morgan fingerprint density at radius 2 is 1.83 bits per heavy atom. The van der Waals surface area contributed by atoms with Crippen LogP contribution < -0.4 is 9.62 Å². The maximum absolute atomic E-state index is 12.2. The van der Waals surface area contributed by atoms with E-state index in [0.717, 1.165) is 11.1 Å². The van der Waals surface area contributed by atoms with E-state index in [1.807, 2.05) is 39.0 Å². The lowest BCUT2D eigenvalue weighted by atomic mass is 10.1. The third kappa shape index (κ3) is 6.15. The van der Waals surface area contributed by atoms with Crippen molar-refractivity contribution in [3.05, 3.63) is 29.3 Å². The molecule has 0 aliphatic carbocycles. The van der Waals surface area contributed by atoms with Gasteiger partial charge >= 0.3 is 0 Å². The smallest absolute Gasteiger partial charge is 0.232 e. The van der Waals surface area contributed by atoms with E-state index in [2.05, 4.69) is 19.2 Å². The van der Waals surface area contributed by atoms with E-state index in [4.69, 9.17) is 0 Å². The summed E-state index contributed by atoms with van der Waals surface area (Å²) in [5, 5.41) is 2.95. The fourth-order valence-corrected chi connectivity index (χ4v) is 3.34. The Morgan fingerprint density at radius 1 is 1.21 bits per heavy atom. The van der Waals surface area contributed by atoms with Crippen LogP contribution in [0.25, 0.3) is 0 Å². The molecule has 0 aliphatic heterocycles. The van der Waals surface area contributed by atoms with E-state index in [-0.39, 0.29) is 11.9 Å². The summed E-state index contributed by atoms with van der Waals surface area (Å²) in [4.78, 5) is 12.0. The third-order valence-corrected chi connectivity index (χ3v) is 5.37. The van der Waals surface area contributed by atoms with Gasteiger partial charge in [0.2, 0.25) is 15.9 Å². The largest absolute Gasteiger partial charge is 0.353 e. The highest BCUT2D eigenvalue weighted by molar-refractivity contribution is 7.92. The van der Waals surface area contributed by atoms with Crippen molar-refractivity contribution in [2.24, 2.45) is 5.92 Å². The first kappa shape index (κ1) is 20.5. The molecule has 1 unspecified atom stereocenters. The lowest BCUT2D eigenvalue weighted by Gasteiger charge is -2.25. The van der Waals surface area contributed by atoms with E-state index < -0.39 is 10.0 Å². The molecule has 0 saturated heterocycles. The van der Waals surface area contributed by atoms with Crippen molar-refractivity contribution < 1.29 is 13.2 Å². The molecule has 5 nitrogen and oxygen atoms in total. The number of aryl methyl sites for hydroxylation is 2. The molecule has 24 heavy (non-hydrogen) atoms. The Bertz CT molecular complexity index is 669. The number of nitrogens with zero attached hydrogens (tertiary/aromatic N) is 1. The first-order chi connectivity index (χ1) is 11.0. The lowest BCUT2D eigenvalue weighted by Crippen LogP contribution is -2.37. The number of hydrogen-bond acceptors (Lipinski definition) is 3. The summed E-state index contributed by atoms with van der Waals surface area (Å²) in [6.07, 6.45) is 2.00. The van der Waals surface area contributed by atoms with Gasteiger partial charge in [0.25, 0.3) is 0 Å².